The topological polar surface area (TPSA) is 111 Å². The van der Waals surface area contributed by atoms with Crippen molar-refractivity contribution in [2.45, 2.75) is 26.0 Å². The number of amides is 2. The second-order valence-electron chi connectivity index (χ2n) is 9.19. The zero-order valence-electron chi connectivity index (χ0n) is 21.4. The summed E-state index contributed by atoms with van der Waals surface area (Å²) in [4.78, 5) is 34.3. The SMILES string of the molecule is COCC#Cc1cnc2c(c1)C(=O)N([C@@H](C)CO)C[C@@H](C)[C@H](CN(C)C(=O)c1ccc3c(c1)OCO3)O2. The highest BCUT2D eigenvalue weighted by Gasteiger charge is 2.35. The molecule has 0 aliphatic carbocycles. The fourth-order valence-corrected chi connectivity index (χ4v) is 4.20. The van der Waals surface area contributed by atoms with Gasteiger partial charge in [0.2, 0.25) is 12.7 Å². The van der Waals surface area contributed by atoms with E-state index in [9.17, 15) is 14.7 Å². The first-order valence-electron chi connectivity index (χ1n) is 12.0. The van der Waals surface area contributed by atoms with Crippen LogP contribution in [0.1, 0.15) is 40.1 Å². The molecule has 2 aliphatic rings. The number of fused-ring (bicyclic) bond motifs is 2. The minimum Gasteiger partial charge on any atom is -0.472 e. The molecule has 0 saturated heterocycles. The Hall–Kier alpha value is -3.81. The third-order valence-electron chi connectivity index (χ3n) is 6.39. The van der Waals surface area contributed by atoms with Gasteiger partial charge in [-0.1, -0.05) is 18.8 Å². The second-order valence-corrected chi connectivity index (χ2v) is 9.19. The van der Waals surface area contributed by atoms with Gasteiger partial charge in [-0.25, -0.2) is 4.98 Å². The van der Waals surface area contributed by atoms with Gasteiger partial charge in [0, 0.05) is 43.9 Å². The zero-order valence-corrected chi connectivity index (χ0v) is 21.4. The second kappa shape index (κ2) is 11.5. The zero-order chi connectivity index (χ0) is 26.5. The number of aliphatic hydroxyl groups excluding tert-OH is 1. The molecule has 0 radical (unpaired) electrons. The van der Waals surface area contributed by atoms with E-state index in [1.165, 1.54) is 0 Å². The molecule has 0 fully saturated rings. The van der Waals surface area contributed by atoms with Crippen molar-refractivity contribution in [3.63, 3.8) is 0 Å². The van der Waals surface area contributed by atoms with Crippen molar-refractivity contribution in [3.8, 4) is 29.2 Å². The smallest absolute Gasteiger partial charge is 0.259 e. The molecule has 0 unspecified atom stereocenters. The number of likely N-dealkylation sites (N-methyl/N-ethyl adjacent to an activating group) is 1. The summed E-state index contributed by atoms with van der Waals surface area (Å²) in [5.74, 6) is 6.42. The van der Waals surface area contributed by atoms with Crippen LogP contribution in [-0.2, 0) is 4.74 Å². The largest absolute Gasteiger partial charge is 0.472 e. The van der Waals surface area contributed by atoms with Crippen molar-refractivity contribution in [1.29, 1.82) is 0 Å². The fraction of sp³-hybridized carbons (Fsp3) is 0.444. The summed E-state index contributed by atoms with van der Waals surface area (Å²) < 4.78 is 22.0. The molecular weight excluding hydrogens is 478 g/mol. The van der Waals surface area contributed by atoms with E-state index < -0.39 is 12.1 Å². The molecule has 196 valence electrons. The van der Waals surface area contributed by atoms with Crippen LogP contribution in [0.3, 0.4) is 0 Å². The lowest BCUT2D eigenvalue weighted by Crippen LogP contribution is -2.50. The van der Waals surface area contributed by atoms with Gasteiger partial charge < -0.3 is 33.9 Å². The van der Waals surface area contributed by atoms with Gasteiger partial charge in [0.25, 0.3) is 11.8 Å². The van der Waals surface area contributed by atoms with Gasteiger partial charge in [-0.05, 0) is 31.2 Å². The number of hydrogen-bond acceptors (Lipinski definition) is 8. The number of hydrogen-bond donors (Lipinski definition) is 1. The molecule has 0 bridgehead atoms. The van der Waals surface area contributed by atoms with E-state index in [-0.39, 0.29) is 55.7 Å². The third-order valence-corrected chi connectivity index (χ3v) is 6.39. The fourth-order valence-electron chi connectivity index (χ4n) is 4.20. The number of rotatable bonds is 6. The first-order chi connectivity index (χ1) is 17.8. The highest BCUT2D eigenvalue weighted by Crippen LogP contribution is 2.33. The standard InChI is InChI=1S/C27H31N3O7/c1-17-13-30(18(2)15-31)27(33)21-10-19(6-5-9-34-4)12-28-25(21)37-24(17)14-29(3)26(32)20-7-8-22-23(11-20)36-16-35-22/h7-8,10-12,17-18,24,31H,9,13-16H2,1-4H3/t17-,18+,24+/m1/s1. The first-order valence-corrected chi connectivity index (χ1v) is 12.0. The number of aliphatic hydroxyl groups is 1. The van der Waals surface area contributed by atoms with E-state index in [0.29, 0.717) is 29.2 Å². The van der Waals surface area contributed by atoms with E-state index >= 15 is 0 Å². The van der Waals surface area contributed by atoms with Crippen LogP contribution in [0.15, 0.2) is 30.5 Å². The van der Waals surface area contributed by atoms with E-state index in [0.717, 1.165) is 0 Å². The van der Waals surface area contributed by atoms with Crippen molar-refractivity contribution in [1.82, 2.24) is 14.8 Å². The Kier molecular flexibility index (Phi) is 8.16. The number of pyridine rings is 1. The van der Waals surface area contributed by atoms with Gasteiger partial charge in [-0.2, -0.15) is 0 Å². The van der Waals surface area contributed by atoms with Crippen LogP contribution in [-0.4, -0.2) is 91.1 Å². The molecule has 4 rings (SSSR count). The Morgan fingerprint density at radius 2 is 2.11 bits per heavy atom. The number of carbonyl (C=O) groups excluding carboxylic acids is 2. The van der Waals surface area contributed by atoms with Gasteiger partial charge in [-0.15, -0.1) is 0 Å². The Labute approximate surface area is 216 Å². The van der Waals surface area contributed by atoms with Gasteiger partial charge in [0.15, 0.2) is 11.5 Å². The maximum Gasteiger partial charge on any atom is 0.259 e. The average Bonchev–Trinajstić information content (AvgIpc) is 3.38. The summed E-state index contributed by atoms with van der Waals surface area (Å²) in [6, 6.07) is 6.29. The molecule has 10 heteroatoms. The van der Waals surface area contributed by atoms with Crippen LogP contribution in [0.5, 0.6) is 17.4 Å². The highest BCUT2D eigenvalue weighted by atomic mass is 16.7. The molecule has 2 aliphatic heterocycles. The number of nitrogens with zero attached hydrogens (tertiary/aromatic N) is 3. The molecule has 1 N–H and O–H groups in total. The van der Waals surface area contributed by atoms with Crippen molar-refractivity contribution >= 4 is 11.8 Å². The normalized spacial score (nSPS) is 19.1. The van der Waals surface area contributed by atoms with Crippen LogP contribution >= 0.6 is 0 Å². The highest BCUT2D eigenvalue weighted by molar-refractivity contribution is 5.97. The molecule has 1 aromatic heterocycles. The minimum absolute atomic E-state index is 0.129. The van der Waals surface area contributed by atoms with Crippen LogP contribution in [0, 0.1) is 17.8 Å². The Morgan fingerprint density at radius 1 is 1.32 bits per heavy atom. The summed E-state index contributed by atoms with van der Waals surface area (Å²) in [6.07, 6.45) is 1.07. The van der Waals surface area contributed by atoms with Gasteiger partial charge in [0.1, 0.15) is 18.3 Å². The maximum atomic E-state index is 13.5. The van der Waals surface area contributed by atoms with Crippen LogP contribution < -0.4 is 14.2 Å². The lowest BCUT2D eigenvalue weighted by molar-refractivity contribution is 0.0313. The van der Waals surface area contributed by atoms with Crippen LogP contribution in [0.2, 0.25) is 0 Å². The maximum absolute atomic E-state index is 13.5. The molecule has 3 heterocycles. The summed E-state index contributed by atoms with van der Waals surface area (Å²) in [5.41, 5.74) is 1.27. The van der Waals surface area contributed by atoms with Crippen molar-refractivity contribution in [2.75, 3.05) is 47.3 Å². The quantitative estimate of drug-likeness (QED) is 0.587. The number of carbonyl (C=O) groups is 2. The molecule has 3 atom stereocenters. The van der Waals surface area contributed by atoms with E-state index in [2.05, 4.69) is 16.8 Å². The summed E-state index contributed by atoms with van der Waals surface area (Å²) in [6.45, 7) is 4.50. The lowest BCUT2D eigenvalue weighted by Gasteiger charge is -2.37. The van der Waals surface area contributed by atoms with Gasteiger partial charge in [-0.3, -0.25) is 9.59 Å². The Balaban J connectivity index is 1.61. The molecule has 1 aromatic carbocycles. The average molecular weight is 510 g/mol. The summed E-state index contributed by atoms with van der Waals surface area (Å²) >= 11 is 0. The monoisotopic (exact) mass is 509 g/mol. The van der Waals surface area contributed by atoms with E-state index in [1.54, 1.807) is 61.3 Å². The molecule has 37 heavy (non-hydrogen) atoms. The number of ether oxygens (including phenoxy) is 4. The number of methoxy groups -OCH3 is 1. The molecule has 0 spiro atoms. The predicted octanol–water partition coefficient (Wildman–Crippen LogP) is 1.80. The van der Waals surface area contributed by atoms with E-state index in [4.69, 9.17) is 18.9 Å². The predicted molar refractivity (Wildman–Crippen MR) is 134 cm³/mol. The van der Waals surface area contributed by atoms with E-state index in [1.807, 2.05) is 6.92 Å². The number of aromatic nitrogens is 1. The molecule has 2 amide bonds. The Bertz CT molecular complexity index is 1220. The number of benzene rings is 1. The third kappa shape index (κ3) is 5.79. The van der Waals surface area contributed by atoms with Gasteiger partial charge >= 0.3 is 0 Å². The molecule has 10 nitrogen and oxygen atoms in total. The first kappa shape index (κ1) is 26.3. The Morgan fingerprint density at radius 3 is 2.86 bits per heavy atom. The molecular formula is C27H31N3O7. The lowest BCUT2D eigenvalue weighted by atomic mass is 9.99. The van der Waals surface area contributed by atoms with Crippen LogP contribution in [0.4, 0.5) is 0 Å². The molecule has 2 aromatic rings. The van der Waals surface area contributed by atoms with Crippen molar-refractivity contribution in [3.05, 3.63) is 47.2 Å². The van der Waals surface area contributed by atoms with Crippen molar-refractivity contribution < 1.29 is 33.6 Å². The minimum atomic E-state index is -0.471. The van der Waals surface area contributed by atoms with Crippen molar-refractivity contribution in [2.24, 2.45) is 5.92 Å². The summed E-state index contributed by atoms with van der Waals surface area (Å²) in [7, 11) is 3.25. The molecule has 0 saturated carbocycles. The van der Waals surface area contributed by atoms with Gasteiger partial charge in [0.05, 0.1) is 19.2 Å². The summed E-state index contributed by atoms with van der Waals surface area (Å²) in [5, 5.41) is 9.83. The van der Waals surface area contributed by atoms with Crippen LogP contribution in [0.25, 0.3) is 0 Å².